The average molecular weight is 439 g/mol. The van der Waals surface area contributed by atoms with Crippen molar-refractivity contribution in [2.75, 3.05) is 7.05 Å². The van der Waals surface area contributed by atoms with E-state index < -0.39 is 0 Å². The molecule has 0 bridgehead atoms. The van der Waals surface area contributed by atoms with Crippen LogP contribution in [0.2, 0.25) is 0 Å². The molecule has 0 saturated carbocycles. The highest BCUT2D eigenvalue weighted by atomic mass is 19.1. The third-order valence-corrected chi connectivity index (χ3v) is 5.94. The lowest BCUT2D eigenvalue weighted by molar-refractivity contribution is 0.0963. The maximum atomic E-state index is 13.8. The van der Waals surface area contributed by atoms with Crippen LogP contribution in [0.15, 0.2) is 66.9 Å². The summed E-state index contributed by atoms with van der Waals surface area (Å²) >= 11 is 0. The van der Waals surface area contributed by atoms with Crippen LogP contribution < -0.4 is 5.32 Å². The van der Waals surface area contributed by atoms with E-state index in [-0.39, 0.29) is 17.6 Å². The summed E-state index contributed by atoms with van der Waals surface area (Å²) in [5.41, 5.74) is 7.11. The molecule has 0 saturated heterocycles. The molecule has 2 heterocycles. The van der Waals surface area contributed by atoms with E-state index in [4.69, 9.17) is 4.98 Å². The SMILES string of the molecule is CNC(=O)c1ccc(-c2nc3cc4[nH]ncc4cc3c(-c3ccc(F)cc3)c2C(C)C)cc1. The van der Waals surface area contributed by atoms with Crippen molar-refractivity contribution in [1.82, 2.24) is 20.5 Å². The fourth-order valence-corrected chi connectivity index (χ4v) is 4.35. The second kappa shape index (κ2) is 8.13. The quantitative estimate of drug-likeness (QED) is 0.358. The zero-order valence-electron chi connectivity index (χ0n) is 18.6. The smallest absolute Gasteiger partial charge is 0.251 e. The molecule has 0 unspecified atom stereocenters. The molecule has 5 rings (SSSR count). The van der Waals surface area contributed by atoms with Gasteiger partial charge in [0.2, 0.25) is 0 Å². The van der Waals surface area contributed by atoms with Gasteiger partial charge in [0, 0.05) is 28.9 Å². The molecule has 6 heteroatoms. The monoisotopic (exact) mass is 438 g/mol. The number of pyridine rings is 1. The standard InChI is InChI=1S/C27H23FN4O/c1-15(2)24-25(16-8-10-20(28)11-9-16)21-12-19-14-30-32-22(19)13-23(21)31-26(24)17-4-6-18(7-5-17)27(33)29-3/h4-15H,1-3H3,(H,29,33)(H,30,32). The number of nitrogens with one attached hydrogen (secondary N) is 2. The number of benzene rings is 3. The van der Waals surface area contributed by atoms with Crippen molar-refractivity contribution in [3.8, 4) is 22.4 Å². The molecule has 0 atom stereocenters. The lowest BCUT2D eigenvalue weighted by Gasteiger charge is -2.21. The molecule has 1 amide bonds. The normalized spacial score (nSPS) is 11.4. The summed E-state index contributed by atoms with van der Waals surface area (Å²) in [6, 6.07) is 18.1. The number of fused-ring (bicyclic) bond motifs is 2. The molecule has 33 heavy (non-hydrogen) atoms. The van der Waals surface area contributed by atoms with Gasteiger partial charge in [-0.1, -0.05) is 38.1 Å². The zero-order chi connectivity index (χ0) is 23.1. The van der Waals surface area contributed by atoms with Crippen LogP contribution in [-0.2, 0) is 0 Å². The maximum absolute atomic E-state index is 13.8. The lowest BCUT2D eigenvalue weighted by Crippen LogP contribution is -2.17. The number of carbonyl (C=O) groups is 1. The number of amides is 1. The first-order valence-corrected chi connectivity index (χ1v) is 10.9. The van der Waals surface area contributed by atoms with Crippen LogP contribution in [0.3, 0.4) is 0 Å². The fourth-order valence-electron chi connectivity index (χ4n) is 4.35. The molecular weight excluding hydrogens is 415 g/mol. The molecule has 0 aliphatic heterocycles. The van der Waals surface area contributed by atoms with Crippen LogP contribution in [0, 0.1) is 5.82 Å². The largest absolute Gasteiger partial charge is 0.355 e. The molecule has 0 spiro atoms. The lowest BCUT2D eigenvalue weighted by atomic mass is 9.86. The van der Waals surface area contributed by atoms with Gasteiger partial charge in [-0.25, -0.2) is 9.37 Å². The third-order valence-electron chi connectivity index (χ3n) is 5.94. The van der Waals surface area contributed by atoms with E-state index in [1.54, 1.807) is 25.4 Å². The van der Waals surface area contributed by atoms with Gasteiger partial charge in [0.15, 0.2) is 0 Å². The molecular formula is C27H23FN4O. The number of rotatable bonds is 4. The van der Waals surface area contributed by atoms with Crippen LogP contribution in [0.1, 0.15) is 35.7 Å². The van der Waals surface area contributed by atoms with Crippen molar-refractivity contribution in [1.29, 1.82) is 0 Å². The average Bonchev–Trinajstić information content (AvgIpc) is 3.29. The Morgan fingerprint density at radius 1 is 1.00 bits per heavy atom. The Morgan fingerprint density at radius 2 is 1.70 bits per heavy atom. The minimum absolute atomic E-state index is 0.134. The van der Waals surface area contributed by atoms with Gasteiger partial charge in [0.25, 0.3) is 5.91 Å². The Labute approximate surface area is 190 Å². The summed E-state index contributed by atoms with van der Waals surface area (Å²) in [6.45, 7) is 4.27. The summed E-state index contributed by atoms with van der Waals surface area (Å²) in [6.07, 6.45) is 1.80. The topological polar surface area (TPSA) is 70.7 Å². The van der Waals surface area contributed by atoms with Crippen molar-refractivity contribution in [3.63, 3.8) is 0 Å². The number of hydrogen-bond acceptors (Lipinski definition) is 3. The molecule has 5 nitrogen and oxygen atoms in total. The van der Waals surface area contributed by atoms with Crippen LogP contribution >= 0.6 is 0 Å². The van der Waals surface area contributed by atoms with Crippen molar-refractivity contribution in [3.05, 3.63) is 83.8 Å². The first kappa shape index (κ1) is 20.8. The predicted octanol–water partition coefficient (Wildman–Crippen LogP) is 6.07. The summed E-state index contributed by atoms with van der Waals surface area (Å²) in [7, 11) is 1.61. The molecule has 2 aromatic heterocycles. The Hall–Kier alpha value is -4.06. The van der Waals surface area contributed by atoms with Crippen LogP contribution in [-0.4, -0.2) is 28.1 Å². The highest BCUT2D eigenvalue weighted by Crippen LogP contribution is 2.41. The van der Waals surface area contributed by atoms with E-state index >= 15 is 0 Å². The minimum atomic E-state index is -0.273. The number of nitrogens with zero attached hydrogens (tertiary/aromatic N) is 2. The summed E-state index contributed by atoms with van der Waals surface area (Å²) in [5.74, 6) is -0.258. The second-order valence-electron chi connectivity index (χ2n) is 8.39. The minimum Gasteiger partial charge on any atom is -0.355 e. The van der Waals surface area contributed by atoms with Crippen LogP contribution in [0.4, 0.5) is 4.39 Å². The van der Waals surface area contributed by atoms with Gasteiger partial charge in [-0.05, 0) is 59.0 Å². The Balaban J connectivity index is 1.85. The Morgan fingerprint density at radius 3 is 2.36 bits per heavy atom. The van der Waals surface area contributed by atoms with Crippen molar-refractivity contribution < 1.29 is 9.18 Å². The summed E-state index contributed by atoms with van der Waals surface area (Å²) in [4.78, 5) is 17.1. The zero-order valence-corrected chi connectivity index (χ0v) is 18.6. The van der Waals surface area contributed by atoms with Gasteiger partial charge in [-0.3, -0.25) is 9.89 Å². The van der Waals surface area contributed by atoms with Gasteiger partial charge in [0.05, 0.1) is 22.9 Å². The number of carbonyl (C=O) groups excluding carboxylic acids is 1. The van der Waals surface area contributed by atoms with E-state index in [1.165, 1.54) is 12.1 Å². The number of aromatic amines is 1. The second-order valence-corrected chi connectivity index (χ2v) is 8.39. The molecule has 0 aliphatic carbocycles. The maximum Gasteiger partial charge on any atom is 0.251 e. The van der Waals surface area contributed by atoms with Gasteiger partial charge < -0.3 is 5.32 Å². The van der Waals surface area contributed by atoms with Gasteiger partial charge in [-0.15, -0.1) is 0 Å². The van der Waals surface area contributed by atoms with E-state index in [1.807, 2.05) is 30.3 Å². The molecule has 0 radical (unpaired) electrons. The molecule has 0 fully saturated rings. The number of aromatic nitrogens is 3. The van der Waals surface area contributed by atoms with Crippen molar-refractivity contribution in [2.24, 2.45) is 0 Å². The van der Waals surface area contributed by atoms with Crippen molar-refractivity contribution in [2.45, 2.75) is 19.8 Å². The third kappa shape index (κ3) is 3.63. The van der Waals surface area contributed by atoms with E-state index in [2.05, 4.69) is 35.4 Å². The highest BCUT2D eigenvalue weighted by Gasteiger charge is 2.21. The molecule has 0 aliphatic rings. The van der Waals surface area contributed by atoms with E-state index in [0.29, 0.717) is 5.56 Å². The number of halogens is 1. The van der Waals surface area contributed by atoms with Gasteiger partial charge in [0.1, 0.15) is 5.82 Å². The van der Waals surface area contributed by atoms with Crippen LogP contribution in [0.25, 0.3) is 44.2 Å². The first-order valence-electron chi connectivity index (χ1n) is 10.9. The van der Waals surface area contributed by atoms with Crippen molar-refractivity contribution >= 4 is 27.7 Å². The van der Waals surface area contributed by atoms with E-state index in [0.717, 1.165) is 49.8 Å². The molecule has 2 N–H and O–H groups in total. The highest BCUT2D eigenvalue weighted by molar-refractivity contribution is 6.05. The summed E-state index contributed by atoms with van der Waals surface area (Å²) in [5, 5.41) is 11.8. The first-order chi connectivity index (χ1) is 16.0. The molecule has 164 valence electrons. The predicted molar refractivity (Wildman–Crippen MR) is 130 cm³/mol. The van der Waals surface area contributed by atoms with Crippen LogP contribution in [0.5, 0.6) is 0 Å². The van der Waals surface area contributed by atoms with Gasteiger partial charge >= 0.3 is 0 Å². The summed E-state index contributed by atoms with van der Waals surface area (Å²) < 4.78 is 13.8. The Kier molecular flexibility index (Phi) is 5.13. The van der Waals surface area contributed by atoms with Gasteiger partial charge in [-0.2, -0.15) is 5.10 Å². The van der Waals surface area contributed by atoms with E-state index in [9.17, 15) is 9.18 Å². The molecule has 3 aromatic carbocycles. The number of H-pyrrole nitrogens is 1. The molecule has 5 aromatic rings. The Bertz CT molecular complexity index is 1490. The fraction of sp³-hybridized carbons (Fsp3) is 0.148. The number of hydrogen-bond donors (Lipinski definition) is 2.